The first kappa shape index (κ1) is 10.8. The van der Waals surface area contributed by atoms with Gasteiger partial charge in [0.2, 0.25) is 0 Å². The van der Waals surface area contributed by atoms with Gasteiger partial charge in [0.15, 0.2) is 0 Å². The van der Waals surface area contributed by atoms with Crippen LogP contribution in [-0.4, -0.2) is 0 Å². The van der Waals surface area contributed by atoms with Crippen molar-refractivity contribution in [3.8, 4) is 0 Å². The number of hydrogen-bond acceptors (Lipinski definition) is 3. The van der Waals surface area contributed by atoms with E-state index in [4.69, 9.17) is 0 Å². The van der Waals surface area contributed by atoms with Gasteiger partial charge in [-0.1, -0.05) is 0 Å². The summed E-state index contributed by atoms with van der Waals surface area (Å²) >= 11 is 4.36. The summed E-state index contributed by atoms with van der Waals surface area (Å²) in [6.45, 7) is 0. The summed E-state index contributed by atoms with van der Waals surface area (Å²) < 4.78 is 0. The molecule has 0 amide bonds. The van der Waals surface area contributed by atoms with Crippen molar-refractivity contribution in [3.05, 3.63) is 0 Å². The zero-order valence-electron chi connectivity index (χ0n) is 2.62. The molecule has 3 nitrogen and oxygen atoms in total. The average molecular weight is 365 g/mol. The fourth-order valence-electron chi connectivity index (χ4n) is 0. The first-order valence-electron chi connectivity index (χ1n) is 0.699. The van der Waals surface area contributed by atoms with Crippen molar-refractivity contribution in [2.75, 3.05) is 0 Å². The Morgan fingerprint density at radius 3 is 1.33 bits per heavy atom. The minimum atomic E-state index is 1.75. The van der Waals surface area contributed by atoms with Gasteiger partial charge in [-0.25, -0.2) is 4.94 Å². The van der Waals surface area contributed by atoms with E-state index >= 15 is 0 Å². The number of rotatable bonds is 0. The predicted octanol–water partition coefficient (Wildman–Crippen LogP) is 0.519. The van der Waals surface area contributed by atoms with Gasteiger partial charge >= 0.3 is 49.1 Å². The van der Waals surface area contributed by atoms with E-state index in [0.29, 0.717) is 0 Å². The van der Waals surface area contributed by atoms with Crippen LogP contribution in [0, 0.1) is 0 Å². The molecule has 0 aromatic heterocycles. The zero-order chi connectivity index (χ0) is 5.41. The normalized spacial score (nSPS) is 6.67. The summed E-state index contributed by atoms with van der Waals surface area (Å²) in [4.78, 5) is 3.25. The second-order valence-electron chi connectivity index (χ2n) is 0.179. The Hall–Kier alpha value is 1.86. The fourth-order valence-corrected chi connectivity index (χ4v) is 0. The number of nitrogens with two attached hydrogens (primary N) is 2. The van der Waals surface area contributed by atoms with Crippen molar-refractivity contribution < 1.29 is 13.4 Å². The van der Waals surface area contributed by atoms with Gasteiger partial charge in [-0.15, -0.1) is 0 Å². The van der Waals surface area contributed by atoms with Gasteiger partial charge in [-0.05, 0) is 0 Å². The molecule has 0 aromatic rings. The van der Waals surface area contributed by atoms with E-state index in [1.54, 1.807) is 8.46 Å². The molecule has 0 aliphatic carbocycles. The SMILES string of the molecule is NON.[I][Cu][I]. The molecule has 0 rings (SSSR count). The maximum absolute atomic E-state index is 4.12. The monoisotopic (exact) mass is 365 g/mol. The standard InChI is InChI=1S/Cu.2HI.H4N2O/c;;;1-3-2/h;2*1H;1-2H2/q+2;;;/p-2. The van der Waals surface area contributed by atoms with Crippen LogP contribution in [0.4, 0.5) is 0 Å². The van der Waals surface area contributed by atoms with E-state index in [1.807, 2.05) is 0 Å². The molecule has 0 unspecified atom stereocenters. The van der Waals surface area contributed by atoms with Crippen molar-refractivity contribution in [1.82, 2.24) is 0 Å². The third-order valence-corrected chi connectivity index (χ3v) is 0. The van der Waals surface area contributed by atoms with E-state index in [0.717, 1.165) is 0 Å². The summed E-state index contributed by atoms with van der Waals surface area (Å²) in [5, 5.41) is 0. The second kappa shape index (κ2) is 15.8. The van der Waals surface area contributed by atoms with Crippen LogP contribution in [0.25, 0.3) is 0 Å². The predicted molar refractivity (Wildman–Crippen MR) is 37.5 cm³/mol. The molecule has 4 N–H and O–H groups in total. The first-order chi connectivity index (χ1) is 2.83. The van der Waals surface area contributed by atoms with E-state index in [-0.39, 0.29) is 0 Å². The molecule has 0 heterocycles. The van der Waals surface area contributed by atoms with Gasteiger partial charge in [0.1, 0.15) is 0 Å². The molecule has 0 radical (unpaired) electrons. The van der Waals surface area contributed by atoms with Gasteiger partial charge in [-0.2, -0.15) is 11.8 Å². The second-order valence-corrected chi connectivity index (χ2v) is 8.13. The Balaban J connectivity index is 0. The van der Waals surface area contributed by atoms with E-state index in [9.17, 15) is 0 Å². The Kier molecular flexibility index (Phi) is 28.4. The van der Waals surface area contributed by atoms with Gasteiger partial charge in [0, 0.05) is 0 Å². The summed E-state index contributed by atoms with van der Waals surface area (Å²) in [5.74, 6) is 8.25. The molecular weight excluding hydrogens is 361 g/mol. The molecule has 0 saturated heterocycles. The fraction of sp³-hybridized carbons (Fsp3) is 0. The molecule has 45 valence electrons. The van der Waals surface area contributed by atoms with Crippen LogP contribution >= 0.6 is 40.7 Å². The van der Waals surface area contributed by atoms with Gasteiger partial charge in [0.05, 0.1) is 0 Å². The molecule has 0 fully saturated rings. The van der Waals surface area contributed by atoms with E-state index in [1.165, 1.54) is 0 Å². The zero-order valence-corrected chi connectivity index (χ0v) is 7.88. The Labute approximate surface area is 65.1 Å². The van der Waals surface area contributed by atoms with Crippen molar-refractivity contribution in [3.63, 3.8) is 0 Å². The molecule has 0 aromatic carbocycles. The van der Waals surface area contributed by atoms with Crippen LogP contribution < -0.4 is 11.8 Å². The number of halogens is 2. The third-order valence-electron chi connectivity index (χ3n) is 0. The van der Waals surface area contributed by atoms with Crippen LogP contribution in [0.1, 0.15) is 0 Å². The Bertz CT molecular complexity index is 13.5. The molecule has 6 heteroatoms. The first-order valence-corrected chi connectivity index (χ1v) is 6.78. The summed E-state index contributed by atoms with van der Waals surface area (Å²) in [7, 11) is 1.75. The van der Waals surface area contributed by atoms with Crippen LogP contribution in [-0.2, 0) is 13.4 Å². The molecule has 0 aliphatic rings. The quantitative estimate of drug-likeness (QED) is 0.374. The van der Waals surface area contributed by atoms with Crippen LogP contribution in [0.3, 0.4) is 0 Å². The number of hydrogen-bond donors (Lipinski definition) is 2. The van der Waals surface area contributed by atoms with Crippen LogP contribution in [0.2, 0.25) is 0 Å². The van der Waals surface area contributed by atoms with Crippen LogP contribution in [0.5, 0.6) is 0 Å². The van der Waals surface area contributed by atoms with Crippen LogP contribution in [0.15, 0.2) is 0 Å². The van der Waals surface area contributed by atoms with Crippen molar-refractivity contribution in [1.29, 1.82) is 0 Å². The van der Waals surface area contributed by atoms with E-state index < -0.39 is 0 Å². The Morgan fingerprint density at radius 2 is 1.33 bits per heavy atom. The third kappa shape index (κ3) is 40.0. The molecule has 0 bridgehead atoms. The summed E-state index contributed by atoms with van der Waals surface area (Å²) in [5.41, 5.74) is 0. The van der Waals surface area contributed by atoms with Crippen molar-refractivity contribution in [2.24, 2.45) is 11.8 Å². The Morgan fingerprint density at radius 1 is 1.33 bits per heavy atom. The molecule has 0 saturated carbocycles. The van der Waals surface area contributed by atoms with Crippen molar-refractivity contribution >= 4 is 40.7 Å². The molecular formula is H4CuI2N2O. The van der Waals surface area contributed by atoms with E-state index in [2.05, 4.69) is 57.4 Å². The average Bonchev–Trinajstić information content (AvgIpc) is 1.39. The molecule has 0 atom stereocenters. The minimum absolute atomic E-state index is 1.75. The molecule has 6 heavy (non-hydrogen) atoms. The van der Waals surface area contributed by atoms with Gasteiger partial charge < -0.3 is 0 Å². The van der Waals surface area contributed by atoms with Gasteiger partial charge in [-0.3, -0.25) is 0 Å². The molecule has 0 spiro atoms. The van der Waals surface area contributed by atoms with Gasteiger partial charge in [0.25, 0.3) is 0 Å². The topological polar surface area (TPSA) is 61.3 Å². The summed E-state index contributed by atoms with van der Waals surface area (Å²) in [6, 6.07) is 0. The maximum atomic E-state index is 4.12. The van der Waals surface area contributed by atoms with Crippen molar-refractivity contribution in [2.45, 2.75) is 0 Å². The summed E-state index contributed by atoms with van der Waals surface area (Å²) in [6.07, 6.45) is 0. The molecule has 0 aliphatic heterocycles.